The van der Waals surface area contributed by atoms with E-state index < -0.39 is 12.1 Å². The number of nitrogens with one attached hydrogen (secondary N) is 1. The average Bonchev–Trinajstić information content (AvgIpc) is 2.58. The average molecular weight is 348 g/mol. The van der Waals surface area contributed by atoms with Gasteiger partial charge in [0.1, 0.15) is 0 Å². The highest BCUT2D eigenvalue weighted by atomic mass is 19.4. The molecular weight excluding hydrogens is 321 g/mol. The lowest BCUT2D eigenvalue weighted by molar-refractivity contribution is -0.173. The first kappa shape index (κ1) is 19.1. The van der Waals surface area contributed by atoms with Gasteiger partial charge in [-0.15, -0.1) is 0 Å². The van der Waals surface area contributed by atoms with Gasteiger partial charge in [-0.25, -0.2) is 0 Å². The van der Waals surface area contributed by atoms with Crippen LogP contribution in [0.2, 0.25) is 0 Å². The van der Waals surface area contributed by atoms with E-state index in [-0.39, 0.29) is 18.4 Å². The Morgan fingerprint density at radius 3 is 2.17 bits per heavy atom. The number of carbonyl (C=O) groups excluding carboxylic acids is 2. The summed E-state index contributed by atoms with van der Waals surface area (Å²) in [6.07, 6.45) is 4.32. The highest BCUT2D eigenvalue weighted by Gasteiger charge is 2.38. The second-order valence-corrected chi connectivity index (χ2v) is 7.07. The number of hydrogen-bond donors (Lipinski definition) is 1. The maximum Gasteiger partial charge on any atom is 0.471 e. The number of piperidine rings is 1. The number of nitrogens with zero attached hydrogens (tertiary/aromatic N) is 1. The molecule has 0 bridgehead atoms. The molecule has 1 heterocycles. The Bertz CT molecular complexity index is 426. The van der Waals surface area contributed by atoms with E-state index in [1.54, 1.807) is 0 Å². The van der Waals surface area contributed by atoms with Crippen LogP contribution in [0.1, 0.15) is 57.8 Å². The third kappa shape index (κ3) is 5.98. The fourth-order valence-electron chi connectivity index (χ4n) is 3.69. The van der Waals surface area contributed by atoms with Crippen LogP contribution in [-0.2, 0) is 9.59 Å². The molecule has 1 aliphatic carbocycles. The van der Waals surface area contributed by atoms with Gasteiger partial charge in [0.15, 0.2) is 0 Å². The molecule has 0 aromatic heterocycles. The van der Waals surface area contributed by atoms with E-state index in [0.29, 0.717) is 38.3 Å². The number of hydrogen-bond acceptors (Lipinski definition) is 2. The molecule has 138 valence electrons. The van der Waals surface area contributed by atoms with Crippen molar-refractivity contribution in [2.24, 2.45) is 11.8 Å². The summed E-state index contributed by atoms with van der Waals surface area (Å²) in [6.45, 7) is 1.19. The van der Waals surface area contributed by atoms with Crippen LogP contribution in [0.3, 0.4) is 0 Å². The number of amides is 2. The summed E-state index contributed by atoms with van der Waals surface area (Å²) in [5.74, 6) is -1.02. The van der Waals surface area contributed by atoms with Crippen molar-refractivity contribution in [3.8, 4) is 0 Å². The molecule has 1 aliphatic heterocycles. The predicted molar refractivity (Wildman–Crippen MR) is 84.2 cm³/mol. The first-order chi connectivity index (χ1) is 11.4. The lowest BCUT2D eigenvalue weighted by Gasteiger charge is -2.32. The summed E-state index contributed by atoms with van der Waals surface area (Å²) >= 11 is 0. The molecule has 1 saturated carbocycles. The van der Waals surface area contributed by atoms with Crippen molar-refractivity contribution in [1.29, 1.82) is 0 Å². The summed E-state index contributed by atoms with van der Waals surface area (Å²) in [6, 6.07) is 0. The van der Waals surface area contributed by atoms with Crippen LogP contribution in [0.4, 0.5) is 13.2 Å². The predicted octanol–water partition coefficient (Wildman–Crippen LogP) is 3.26. The van der Waals surface area contributed by atoms with Crippen molar-refractivity contribution in [2.45, 2.75) is 64.0 Å². The van der Waals surface area contributed by atoms with Crippen LogP contribution >= 0.6 is 0 Å². The van der Waals surface area contributed by atoms with Crippen molar-refractivity contribution >= 4 is 11.8 Å². The van der Waals surface area contributed by atoms with Crippen molar-refractivity contribution < 1.29 is 22.8 Å². The van der Waals surface area contributed by atoms with Crippen molar-refractivity contribution in [2.75, 3.05) is 19.6 Å². The molecule has 2 aliphatic rings. The quantitative estimate of drug-likeness (QED) is 0.829. The van der Waals surface area contributed by atoms with Gasteiger partial charge in [-0.05, 0) is 31.1 Å². The molecule has 0 atom stereocenters. The van der Waals surface area contributed by atoms with Crippen LogP contribution in [0.25, 0.3) is 0 Å². The van der Waals surface area contributed by atoms with Crippen LogP contribution < -0.4 is 5.32 Å². The molecule has 0 aromatic rings. The topological polar surface area (TPSA) is 49.4 Å². The summed E-state index contributed by atoms with van der Waals surface area (Å²) in [4.78, 5) is 24.9. The molecule has 2 amide bonds. The molecule has 0 aromatic carbocycles. The van der Waals surface area contributed by atoms with Crippen LogP contribution in [0, 0.1) is 11.8 Å². The number of carbonyl (C=O) groups is 2. The molecule has 2 fully saturated rings. The van der Waals surface area contributed by atoms with Crippen molar-refractivity contribution in [3.63, 3.8) is 0 Å². The second-order valence-electron chi connectivity index (χ2n) is 7.07. The second kappa shape index (κ2) is 8.72. The van der Waals surface area contributed by atoms with Crippen LogP contribution in [0.15, 0.2) is 0 Å². The SMILES string of the molecule is O=C(CCC1CCCCC1)N1CCC(CNC(=O)C(F)(F)F)CC1. The minimum Gasteiger partial charge on any atom is -0.348 e. The lowest BCUT2D eigenvalue weighted by atomic mass is 9.86. The van der Waals surface area contributed by atoms with E-state index in [9.17, 15) is 22.8 Å². The third-order valence-corrected chi connectivity index (χ3v) is 5.27. The van der Waals surface area contributed by atoms with Gasteiger partial charge in [-0.2, -0.15) is 13.2 Å². The molecule has 0 radical (unpaired) electrons. The van der Waals surface area contributed by atoms with Gasteiger partial charge in [-0.3, -0.25) is 9.59 Å². The molecule has 0 unspecified atom stereocenters. The summed E-state index contributed by atoms with van der Waals surface area (Å²) in [7, 11) is 0. The first-order valence-electron chi connectivity index (χ1n) is 8.99. The monoisotopic (exact) mass is 348 g/mol. The summed E-state index contributed by atoms with van der Waals surface area (Å²) in [5, 5.41) is 1.94. The van der Waals surface area contributed by atoms with Gasteiger partial charge < -0.3 is 10.2 Å². The van der Waals surface area contributed by atoms with Gasteiger partial charge in [0.2, 0.25) is 5.91 Å². The molecule has 4 nitrogen and oxygen atoms in total. The molecule has 24 heavy (non-hydrogen) atoms. The maximum absolute atomic E-state index is 12.3. The van der Waals surface area contributed by atoms with E-state index in [1.807, 2.05) is 10.2 Å². The summed E-state index contributed by atoms with van der Waals surface area (Å²) < 4.78 is 36.4. The van der Waals surface area contributed by atoms with E-state index in [1.165, 1.54) is 32.1 Å². The smallest absolute Gasteiger partial charge is 0.348 e. The zero-order valence-electron chi connectivity index (χ0n) is 14.0. The molecule has 1 saturated heterocycles. The van der Waals surface area contributed by atoms with Gasteiger partial charge in [0.25, 0.3) is 0 Å². The standard InChI is InChI=1S/C17H27F3N2O2/c18-17(19,20)16(24)21-12-14-8-10-22(11-9-14)15(23)7-6-13-4-2-1-3-5-13/h13-14H,1-12H2,(H,21,24). The van der Waals surface area contributed by atoms with Gasteiger partial charge in [-0.1, -0.05) is 32.1 Å². The van der Waals surface area contributed by atoms with Gasteiger partial charge >= 0.3 is 12.1 Å². The Morgan fingerprint density at radius 2 is 1.58 bits per heavy atom. The normalized spacial score (nSPS) is 20.9. The number of alkyl halides is 3. The fraction of sp³-hybridized carbons (Fsp3) is 0.882. The molecule has 1 N–H and O–H groups in total. The van der Waals surface area contributed by atoms with Gasteiger partial charge in [0.05, 0.1) is 0 Å². The van der Waals surface area contributed by atoms with E-state index in [4.69, 9.17) is 0 Å². The Morgan fingerprint density at radius 1 is 0.958 bits per heavy atom. The Hall–Kier alpha value is -1.27. The maximum atomic E-state index is 12.3. The Balaban J connectivity index is 1.62. The Labute approximate surface area is 141 Å². The molecule has 7 heteroatoms. The minimum atomic E-state index is -4.82. The van der Waals surface area contributed by atoms with E-state index in [2.05, 4.69) is 0 Å². The zero-order chi connectivity index (χ0) is 17.6. The number of rotatable bonds is 5. The van der Waals surface area contributed by atoms with Crippen LogP contribution in [0.5, 0.6) is 0 Å². The fourth-order valence-corrected chi connectivity index (χ4v) is 3.69. The molecule has 2 rings (SSSR count). The highest BCUT2D eigenvalue weighted by molar-refractivity contribution is 5.81. The van der Waals surface area contributed by atoms with E-state index in [0.717, 1.165) is 6.42 Å². The number of halogens is 3. The Kier molecular flexibility index (Phi) is 6.92. The van der Waals surface area contributed by atoms with Crippen LogP contribution in [-0.4, -0.2) is 42.5 Å². The minimum absolute atomic E-state index is 0.0127. The molecule has 0 spiro atoms. The molecular formula is C17H27F3N2O2. The zero-order valence-corrected chi connectivity index (χ0v) is 14.0. The number of likely N-dealkylation sites (tertiary alicyclic amines) is 1. The third-order valence-electron chi connectivity index (χ3n) is 5.27. The van der Waals surface area contributed by atoms with Gasteiger partial charge in [0, 0.05) is 26.1 Å². The highest BCUT2D eigenvalue weighted by Crippen LogP contribution is 2.28. The van der Waals surface area contributed by atoms with E-state index >= 15 is 0 Å². The summed E-state index contributed by atoms with van der Waals surface area (Å²) in [5.41, 5.74) is 0. The lowest BCUT2D eigenvalue weighted by Crippen LogP contribution is -2.44. The van der Waals surface area contributed by atoms with Crippen molar-refractivity contribution in [1.82, 2.24) is 10.2 Å². The largest absolute Gasteiger partial charge is 0.471 e. The van der Waals surface area contributed by atoms with Crippen molar-refractivity contribution in [3.05, 3.63) is 0 Å². The first-order valence-corrected chi connectivity index (χ1v) is 8.99.